The zero-order chi connectivity index (χ0) is 13.4. The Kier molecular flexibility index (Phi) is 2.83. The van der Waals surface area contributed by atoms with Gasteiger partial charge in [-0.2, -0.15) is 4.79 Å². The molecule has 1 aromatic carbocycles. The average molecular weight is 261 g/mol. The first-order valence-corrected chi connectivity index (χ1v) is 6.18. The molecule has 100 valence electrons. The molecular formula is C12H15N5O2. The molecule has 0 amide bonds. The third-order valence-electron chi connectivity index (χ3n) is 3.42. The molecule has 0 atom stereocenters. The van der Waals surface area contributed by atoms with E-state index in [0.29, 0.717) is 5.52 Å². The highest BCUT2D eigenvalue weighted by molar-refractivity contribution is 5.92. The van der Waals surface area contributed by atoms with Crippen molar-refractivity contribution in [3.05, 3.63) is 23.8 Å². The lowest BCUT2D eigenvalue weighted by Crippen LogP contribution is -2.50. The predicted molar refractivity (Wildman–Crippen MR) is 69.9 cm³/mol. The van der Waals surface area contributed by atoms with Crippen LogP contribution in [-0.2, 0) is 0 Å². The number of piperazine rings is 1. The van der Waals surface area contributed by atoms with Gasteiger partial charge in [0.15, 0.2) is 0 Å². The van der Waals surface area contributed by atoms with Crippen LogP contribution in [0.3, 0.4) is 0 Å². The molecule has 0 spiro atoms. The Balaban J connectivity index is 1.99. The lowest BCUT2D eigenvalue weighted by Gasteiger charge is -2.33. The lowest BCUT2D eigenvalue weighted by molar-refractivity contribution is 0.0697. The SMILES string of the molecule is CN1CCN(n2nnc3ccc(C(=O)O)cc32)CC1. The fourth-order valence-electron chi connectivity index (χ4n) is 2.23. The number of aromatic carboxylic acids is 1. The first-order valence-electron chi connectivity index (χ1n) is 6.18. The summed E-state index contributed by atoms with van der Waals surface area (Å²) in [4.78, 5) is 15.0. The van der Waals surface area contributed by atoms with E-state index in [0.717, 1.165) is 31.7 Å². The molecule has 1 saturated heterocycles. The smallest absolute Gasteiger partial charge is 0.335 e. The van der Waals surface area contributed by atoms with E-state index in [9.17, 15) is 4.79 Å². The van der Waals surface area contributed by atoms with Crippen LogP contribution in [0.5, 0.6) is 0 Å². The number of carbonyl (C=O) groups is 1. The second-order valence-corrected chi connectivity index (χ2v) is 4.74. The number of benzene rings is 1. The minimum absolute atomic E-state index is 0.255. The summed E-state index contributed by atoms with van der Waals surface area (Å²) >= 11 is 0. The molecule has 7 heteroatoms. The van der Waals surface area contributed by atoms with Crippen LogP contribution in [0, 0.1) is 0 Å². The highest BCUT2D eigenvalue weighted by Gasteiger charge is 2.18. The Hall–Kier alpha value is -2.15. The van der Waals surface area contributed by atoms with Crippen molar-refractivity contribution < 1.29 is 9.90 Å². The second-order valence-electron chi connectivity index (χ2n) is 4.74. The molecule has 19 heavy (non-hydrogen) atoms. The fourth-order valence-corrected chi connectivity index (χ4v) is 2.23. The molecule has 1 aromatic heterocycles. The van der Waals surface area contributed by atoms with Gasteiger partial charge in [0.2, 0.25) is 0 Å². The second kappa shape index (κ2) is 4.51. The molecule has 3 rings (SSSR count). The minimum atomic E-state index is -0.937. The quantitative estimate of drug-likeness (QED) is 0.821. The van der Waals surface area contributed by atoms with E-state index >= 15 is 0 Å². The van der Waals surface area contributed by atoms with Gasteiger partial charge in [-0.1, -0.05) is 0 Å². The van der Waals surface area contributed by atoms with Crippen molar-refractivity contribution in [3.8, 4) is 0 Å². The van der Waals surface area contributed by atoms with Crippen LogP contribution in [0.15, 0.2) is 18.2 Å². The van der Waals surface area contributed by atoms with Crippen molar-refractivity contribution in [2.75, 3.05) is 38.2 Å². The molecule has 0 unspecified atom stereocenters. The predicted octanol–water partition coefficient (Wildman–Crippen LogP) is 0.0129. The molecule has 0 bridgehead atoms. The Morgan fingerprint density at radius 3 is 2.68 bits per heavy atom. The molecule has 0 saturated carbocycles. The van der Waals surface area contributed by atoms with Gasteiger partial charge in [0.25, 0.3) is 0 Å². The molecule has 0 radical (unpaired) electrons. The van der Waals surface area contributed by atoms with Gasteiger partial charge in [0.1, 0.15) is 11.0 Å². The van der Waals surface area contributed by atoms with E-state index in [-0.39, 0.29) is 5.56 Å². The topological polar surface area (TPSA) is 74.5 Å². The molecule has 2 aromatic rings. The normalized spacial score (nSPS) is 17.0. The molecule has 1 fully saturated rings. The summed E-state index contributed by atoms with van der Waals surface area (Å²) in [5.74, 6) is -0.937. The van der Waals surface area contributed by atoms with Crippen molar-refractivity contribution in [2.24, 2.45) is 0 Å². The van der Waals surface area contributed by atoms with E-state index in [1.165, 1.54) is 0 Å². The van der Waals surface area contributed by atoms with Crippen LogP contribution in [0.2, 0.25) is 0 Å². The van der Waals surface area contributed by atoms with E-state index in [2.05, 4.69) is 27.3 Å². The van der Waals surface area contributed by atoms with Crippen molar-refractivity contribution >= 4 is 17.0 Å². The third kappa shape index (κ3) is 2.12. The largest absolute Gasteiger partial charge is 0.478 e. The summed E-state index contributed by atoms with van der Waals surface area (Å²) in [5, 5.41) is 19.3. The van der Waals surface area contributed by atoms with Crippen LogP contribution in [0.1, 0.15) is 10.4 Å². The Bertz CT molecular complexity index is 616. The molecule has 1 aliphatic heterocycles. The highest BCUT2D eigenvalue weighted by atomic mass is 16.4. The van der Waals surface area contributed by atoms with Crippen LogP contribution >= 0.6 is 0 Å². The minimum Gasteiger partial charge on any atom is -0.478 e. The maximum Gasteiger partial charge on any atom is 0.335 e. The zero-order valence-electron chi connectivity index (χ0n) is 10.7. The highest BCUT2D eigenvalue weighted by Crippen LogP contribution is 2.14. The number of hydrogen-bond donors (Lipinski definition) is 1. The number of rotatable bonds is 2. The van der Waals surface area contributed by atoms with Crippen molar-refractivity contribution in [2.45, 2.75) is 0 Å². The van der Waals surface area contributed by atoms with E-state index < -0.39 is 5.97 Å². The molecule has 7 nitrogen and oxygen atoms in total. The summed E-state index contributed by atoms with van der Waals surface area (Å²) in [6.45, 7) is 3.62. The van der Waals surface area contributed by atoms with Gasteiger partial charge in [0, 0.05) is 26.2 Å². The molecular weight excluding hydrogens is 246 g/mol. The number of hydrogen-bond acceptors (Lipinski definition) is 5. The van der Waals surface area contributed by atoms with Crippen molar-refractivity contribution in [1.82, 2.24) is 20.0 Å². The third-order valence-corrected chi connectivity index (χ3v) is 3.42. The molecule has 0 aliphatic carbocycles. The number of likely N-dealkylation sites (N-methyl/N-ethyl adjacent to an activating group) is 1. The summed E-state index contributed by atoms with van der Waals surface area (Å²) in [6, 6.07) is 4.86. The monoisotopic (exact) mass is 261 g/mol. The van der Waals surface area contributed by atoms with Gasteiger partial charge in [0.05, 0.1) is 5.56 Å². The van der Waals surface area contributed by atoms with E-state index in [1.807, 2.05) is 0 Å². The van der Waals surface area contributed by atoms with Crippen LogP contribution in [0.25, 0.3) is 11.0 Å². The standard InChI is InChI=1S/C12H15N5O2/c1-15-4-6-16(7-5-15)17-11-8-9(12(18)19)2-3-10(11)13-14-17/h2-3,8H,4-7H2,1H3,(H,18,19). The van der Waals surface area contributed by atoms with Gasteiger partial charge in [-0.15, -0.1) is 5.10 Å². The number of carboxylic acids is 1. The maximum absolute atomic E-state index is 11.0. The molecule has 2 heterocycles. The van der Waals surface area contributed by atoms with E-state index in [4.69, 9.17) is 5.11 Å². The first-order chi connectivity index (χ1) is 9.15. The average Bonchev–Trinajstić information content (AvgIpc) is 2.82. The first kappa shape index (κ1) is 11.9. The van der Waals surface area contributed by atoms with Gasteiger partial charge in [-0.25, -0.2) is 4.79 Å². The van der Waals surface area contributed by atoms with Gasteiger partial charge in [-0.05, 0) is 30.5 Å². The maximum atomic E-state index is 11.0. The van der Waals surface area contributed by atoms with Crippen molar-refractivity contribution in [1.29, 1.82) is 0 Å². The number of nitrogens with zero attached hydrogens (tertiary/aromatic N) is 5. The Morgan fingerprint density at radius 2 is 2.00 bits per heavy atom. The van der Waals surface area contributed by atoms with Crippen molar-refractivity contribution in [3.63, 3.8) is 0 Å². The van der Waals surface area contributed by atoms with Crippen LogP contribution in [0.4, 0.5) is 0 Å². The number of fused-ring (bicyclic) bond motifs is 1. The summed E-state index contributed by atoms with van der Waals surface area (Å²) in [6.07, 6.45) is 0. The van der Waals surface area contributed by atoms with Gasteiger partial charge in [-0.3, -0.25) is 5.01 Å². The summed E-state index contributed by atoms with van der Waals surface area (Å²) < 4.78 is 0. The van der Waals surface area contributed by atoms with E-state index in [1.54, 1.807) is 23.0 Å². The molecule has 1 N–H and O–H groups in total. The Morgan fingerprint density at radius 1 is 1.26 bits per heavy atom. The molecule has 1 aliphatic rings. The summed E-state index contributed by atoms with van der Waals surface area (Å²) in [7, 11) is 2.08. The Labute approximate surface area is 110 Å². The summed E-state index contributed by atoms with van der Waals surface area (Å²) in [5.41, 5.74) is 1.71. The van der Waals surface area contributed by atoms with Gasteiger partial charge >= 0.3 is 5.97 Å². The fraction of sp³-hybridized carbons (Fsp3) is 0.417. The lowest BCUT2D eigenvalue weighted by atomic mass is 10.2. The number of carboxylic acid groups (broad SMARTS) is 1. The van der Waals surface area contributed by atoms with Gasteiger partial charge < -0.3 is 10.0 Å². The van der Waals surface area contributed by atoms with Crippen LogP contribution < -0.4 is 5.01 Å². The zero-order valence-corrected chi connectivity index (χ0v) is 10.7. The van der Waals surface area contributed by atoms with Crippen LogP contribution in [-0.4, -0.2) is 64.3 Å². The number of aromatic nitrogens is 3.